The molecule has 0 spiro atoms. The summed E-state index contributed by atoms with van der Waals surface area (Å²) in [5.41, 5.74) is -0.172. The van der Waals surface area contributed by atoms with Gasteiger partial charge in [-0.1, -0.05) is 12.1 Å². The summed E-state index contributed by atoms with van der Waals surface area (Å²) in [6, 6.07) is 4.11. The Morgan fingerprint density at radius 1 is 1.54 bits per heavy atom. The van der Waals surface area contributed by atoms with Crippen LogP contribution in [0.15, 0.2) is 18.2 Å². The van der Waals surface area contributed by atoms with Crippen LogP contribution in [-0.2, 0) is 11.2 Å². The maximum atomic E-state index is 10.4. The molecule has 5 heteroatoms. The van der Waals surface area contributed by atoms with E-state index < -0.39 is 16.4 Å². The number of carbonyl (C=O) groups excluding carboxylic acids is 1. The number of nitro groups is 1. The van der Waals surface area contributed by atoms with Crippen LogP contribution >= 0.6 is 0 Å². The summed E-state index contributed by atoms with van der Waals surface area (Å²) in [5.74, 6) is -0.413. The fourth-order valence-corrected chi connectivity index (χ4v) is 1.04. The Labute approximate surface area is 73.8 Å². The molecule has 0 aliphatic carbocycles. The third kappa shape index (κ3) is 1.81. The van der Waals surface area contributed by atoms with Crippen LogP contribution in [0.4, 0.5) is 5.69 Å². The van der Waals surface area contributed by atoms with Gasteiger partial charge in [0.15, 0.2) is 5.75 Å². The lowest BCUT2D eigenvalue weighted by Gasteiger charge is -1.99. The van der Waals surface area contributed by atoms with E-state index in [4.69, 9.17) is 5.11 Å². The first-order chi connectivity index (χ1) is 6.16. The number of rotatable bonds is 3. The van der Waals surface area contributed by atoms with Gasteiger partial charge in [0.2, 0.25) is 0 Å². The molecule has 13 heavy (non-hydrogen) atoms. The number of nitrogens with zero attached hydrogens (tertiary/aromatic N) is 1. The van der Waals surface area contributed by atoms with Gasteiger partial charge in [-0.2, -0.15) is 0 Å². The van der Waals surface area contributed by atoms with Gasteiger partial charge in [0.1, 0.15) is 6.29 Å². The Bertz CT molecular complexity index is 348. The van der Waals surface area contributed by atoms with Crippen molar-refractivity contribution in [2.75, 3.05) is 0 Å². The number of benzene rings is 1. The van der Waals surface area contributed by atoms with E-state index in [-0.39, 0.29) is 12.0 Å². The minimum Gasteiger partial charge on any atom is -0.502 e. The second kappa shape index (κ2) is 3.66. The summed E-state index contributed by atoms with van der Waals surface area (Å²) in [6.45, 7) is 0. The van der Waals surface area contributed by atoms with Crippen LogP contribution in [0.1, 0.15) is 5.56 Å². The van der Waals surface area contributed by atoms with Gasteiger partial charge in [0.05, 0.1) is 4.92 Å². The smallest absolute Gasteiger partial charge is 0.314 e. The predicted octanol–water partition coefficient (Wildman–Crippen LogP) is 1.04. The van der Waals surface area contributed by atoms with Crippen LogP contribution in [0.3, 0.4) is 0 Å². The highest BCUT2D eigenvalue weighted by Crippen LogP contribution is 2.29. The molecule has 0 saturated heterocycles. The number of phenols is 1. The molecular formula is C8H7NO4. The Morgan fingerprint density at radius 2 is 2.23 bits per heavy atom. The summed E-state index contributed by atoms with van der Waals surface area (Å²) >= 11 is 0. The van der Waals surface area contributed by atoms with Crippen molar-refractivity contribution in [2.45, 2.75) is 6.42 Å². The van der Waals surface area contributed by atoms with Crippen molar-refractivity contribution in [1.29, 1.82) is 0 Å². The third-order valence-corrected chi connectivity index (χ3v) is 1.58. The molecule has 0 aliphatic rings. The number of nitro benzene ring substituents is 1. The van der Waals surface area contributed by atoms with Crippen LogP contribution < -0.4 is 0 Å². The van der Waals surface area contributed by atoms with Crippen LogP contribution in [-0.4, -0.2) is 16.3 Å². The highest BCUT2D eigenvalue weighted by atomic mass is 16.6. The van der Waals surface area contributed by atoms with E-state index in [0.717, 1.165) is 0 Å². The molecule has 0 unspecified atom stereocenters. The molecule has 0 heterocycles. The van der Waals surface area contributed by atoms with Crippen LogP contribution in [0.25, 0.3) is 0 Å². The van der Waals surface area contributed by atoms with Gasteiger partial charge < -0.3 is 9.90 Å². The maximum Gasteiger partial charge on any atom is 0.314 e. The number of aromatic hydroxyl groups is 1. The molecule has 0 bridgehead atoms. The Balaban J connectivity index is 3.25. The summed E-state index contributed by atoms with van der Waals surface area (Å²) in [5, 5.41) is 19.6. The molecule has 1 aromatic rings. The highest BCUT2D eigenvalue weighted by molar-refractivity contribution is 5.62. The van der Waals surface area contributed by atoms with Crippen molar-refractivity contribution in [3.63, 3.8) is 0 Å². The van der Waals surface area contributed by atoms with Crippen LogP contribution in [0.2, 0.25) is 0 Å². The molecule has 68 valence electrons. The molecule has 1 rings (SSSR count). The van der Waals surface area contributed by atoms with Gasteiger partial charge in [-0.05, 0) is 6.07 Å². The lowest BCUT2D eigenvalue weighted by Crippen LogP contribution is -1.96. The minimum atomic E-state index is -0.700. The Hall–Kier alpha value is -1.91. The first kappa shape index (κ1) is 9.18. The maximum absolute atomic E-state index is 10.4. The van der Waals surface area contributed by atoms with Crippen molar-refractivity contribution in [3.8, 4) is 5.75 Å². The SMILES string of the molecule is O=CCc1cccc(O)c1[N+](=O)[O-]. The standard InChI is InChI=1S/C8H7NO4/c10-5-4-6-2-1-3-7(11)8(6)9(12)13/h1-3,5,11H,4H2. The summed E-state index contributed by atoms with van der Waals surface area (Å²) in [6.07, 6.45) is 0.493. The second-order valence-electron chi connectivity index (χ2n) is 2.41. The molecule has 5 nitrogen and oxygen atoms in total. The predicted molar refractivity (Wildman–Crippen MR) is 44.5 cm³/mol. The van der Waals surface area contributed by atoms with Gasteiger partial charge in [-0.15, -0.1) is 0 Å². The lowest BCUT2D eigenvalue weighted by molar-refractivity contribution is -0.386. The lowest BCUT2D eigenvalue weighted by atomic mass is 10.1. The monoisotopic (exact) mass is 181 g/mol. The Kier molecular flexibility index (Phi) is 2.59. The van der Waals surface area contributed by atoms with Crippen molar-refractivity contribution >= 4 is 12.0 Å². The van der Waals surface area contributed by atoms with E-state index in [9.17, 15) is 14.9 Å². The van der Waals surface area contributed by atoms with E-state index >= 15 is 0 Å². The molecule has 0 aliphatic heterocycles. The molecule has 0 aromatic heterocycles. The zero-order valence-corrected chi connectivity index (χ0v) is 6.64. The summed E-state index contributed by atoms with van der Waals surface area (Å²) in [7, 11) is 0. The fraction of sp³-hybridized carbons (Fsp3) is 0.125. The van der Waals surface area contributed by atoms with E-state index in [2.05, 4.69) is 0 Å². The third-order valence-electron chi connectivity index (χ3n) is 1.58. The normalized spacial score (nSPS) is 9.54. The second-order valence-corrected chi connectivity index (χ2v) is 2.41. The average Bonchev–Trinajstić information content (AvgIpc) is 2.04. The number of para-hydroxylation sites is 1. The average molecular weight is 181 g/mol. The number of aldehydes is 1. The number of phenolic OH excluding ortho intramolecular Hbond substituents is 1. The van der Waals surface area contributed by atoms with Crippen molar-refractivity contribution in [2.24, 2.45) is 0 Å². The first-order valence-electron chi connectivity index (χ1n) is 3.55. The Morgan fingerprint density at radius 3 is 2.77 bits per heavy atom. The molecule has 1 aromatic carbocycles. The van der Waals surface area contributed by atoms with Gasteiger partial charge in [-0.3, -0.25) is 10.1 Å². The highest BCUT2D eigenvalue weighted by Gasteiger charge is 2.17. The van der Waals surface area contributed by atoms with Crippen molar-refractivity contribution < 1.29 is 14.8 Å². The molecule has 1 N–H and O–H groups in total. The summed E-state index contributed by atoms with van der Waals surface area (Å²) in [4.78, 5) is 19.9. The number of carbonyl (C=O) groups is 1. The van der Waals surface area contributed by atoms with Gasteiger partial charge >= 0.3 is 5.69 Å². The zero-order chi connectivity index (χ0) is 9.84. The molecule has 0 fully saturated rings. The minimum absolute atomic E-state index is 0.0648. The molecule has 0 amide bonds. The van der Waals surface area contributed by atoms with E-state index in [1.54, 1.807) is 0 Å². The summed E-state index contributed by atoms with van der Waals surface area (Å²) < 4.78 is 0. The largest absolute Gasteiger partial charge is 0.502 e. The van der Waals surface area contributed by atoms with Crippen molar-refractivity contribution in [1.82, 2.24) is 0 Å². The first-order valence-corrected chi connectivity index (χ1v) is 3.55. The fourth-order valence-electron chi connectivity index (χ4n) is 1.04. The zero-order valence-electron chi connectivity index (χ0n) is 6.64. The molecule has 0 atom stereocenters. The van der Waals surface area contributed by atoms with Crippen LogP contribution in [0, 0.1) is 10.1 Å². The van der Waals surface area contributed by atoms with E-state index in [1.165, 1.54) is 18.2 Å². The molecular weight excluding hydrogens is 174 g/mol. The van der Waals surface area contributed by atoms with Gasteiger partial charge in [0, 0.05) is 12.0 Å². The molecule has 0 radical (unpaired) electrons. The van der Waals surface area contributed by atoms with Gasteiger partial charge in [0.25, 0.3) is 0 Å². The van der Waals surface area contributed by atoms with Crippen LogP contribution in [0.5, 0.6) is 5.75 Å². The van der Waals surface area contributed by atoms with Gasteiger partial charge in [-0.25, -0.2) is 0 Å². The number of hydrogen-bond acceptors (Lipinski definition) is 4. The quantitative estimate of drug-likeness (QED) is 0.429. The molecule has 0 saturated carbocycles. The topological polar surface area (TPSA) is 80.4 Å². The van der Waals surface area contributed by atoms with E-state index in [1.807, 2.05) is 0 Å². The van der Waals surface area contributed by atoms with E-state index in [0.29, 0.717) is 6.29 Å². The number of hydrogen-bond donors (Lipinski definition) is 1. The van der Waals surface area contributed by atoms with Crippen molar-refractivity contribution in [3.05, 3.63) is 33.9 Å².